The molecule has 108 valence electrons. The second-order valence-corrected chi connectivity index (χ2v) is 6.99. The molecule has 2 heterocycles. The van der Waals surface area contributed by atoms with E-state index in [2.05, 4.69) is 0 Å². The number of nitrogens with zero attached hydrogens (tertiary/aromatic N) is 1. The molecule has 1 N–H and O–H groups in total. The Labute approximate surface area is 117 Å². The lowest BCUT2D eigenvalue weighted by atomic mass is 10.2. The van der Waals surface area contributed by atoms with Crippen LogP contribution in [0.3, 0.4) is 0 Å². The van der Waals surface area contributed by atoms with Crippen molar-refractivity contribution in [3.63, 3.8) is 0 Å². The van der Waals surface area contributed by atoms with Crippen molar-refractivity contribution >= 4 is 16.0 Å². The van der Waals surface area contributed by atoms with Crippen molar-refractivity contribution in [3.05, 3.63) is 29.8 Å². The summed E-state index contributed by atoms with van der Waals surface area (Å²) in [6.45, 7) is 0.597. The van der Waals surface area contributed by atoms with E-state index in [9.17, 15) is 13.2 Å². The van der Waals surface area contributed by atoms with Gasteiger partial charge in [0.2, 0.25) is 10.0 Å². The van der Waals surface area contributed by atoms with Crippen LogP contribution < -0.4 is 0 Å². The SMILES string of the molecule is O=C(O)c1ccccc1S(=O)(=O)N1CC2CCC(C1)O2. The molecule has 2 aliphatic rings. The number of aromatic carboxylic acids is 1. The number of carboxylic acid groups (broad SMARTS) is 1. The zero-order valence-electron chi connectivity index (χ0n) is 10.7. The molecule has 7 heteroatoms. The van der Waals surface area contributed by atoms with Gasteiger partial charge in [-0.05, 0) is 25.0 Å². The number of hydrogen-bond acceptors (Lipinski definition) is 4. The highest BCUT2D eigenvalue weighted by atomic mass is 32.2. The molecule has 1 aromatic carbocycles. The number of rotatable bonds is 3. The van der Waals surface area contributed by atoms with Crippen molar-refractivity contribution < 1.29 is 23.1 Å². The van der Waals surface area contributed by atoms with Gasteiger partial charge in [-0.15, -0.1) is 0 Å². The highest BCUT2D eigenvalue weighted by Crippen LogP contribution is 2.30. The fourth-order valence-corrected chi connectivity index (χ4v) is 4.47. The molecule has 0 spiro atoms. The average molecular weight is 297 g/mol. The maximum absolute atomic E-state index is 12.6. The molecule has 2 saturated heterocycles. The normalized spacial score (nSPS) is 26.6. The number of sulfonamides is 1. The minimum absolute atomic E-state index is 0.0690. The molecule has 3 rings (SSSR count). The third-order valence-corrected chi connectivity index (χ3v) is 5.64. The molecule has 2 bridgehead atoms. The standard InChI is InChI=1S/C13H15NO5S/c15-13(16)11-3-1-2-4-12(11)20(17,18)14-7-9-5-6-10(8-14)19-9/h1-4,9-10H,5-8H2,(H,15,16). The summed E-state index contributed by atoms with van der Waals surface area (Å²) in [5.74, 6) is -1.24. The average Bonchev–Trinajstić information content (AvgIpc) is 2.77. The van der Waals surface area contributed by atoms with Gasteiger partial charge in [-0.3, -0.25) is 0 Å². The summed E-state index contributed by atoms with van der Waals surface area (Å²) < 4.78 is 32.2. The number of hydrogen-bond donors (Lipinski definition) is 1. The summed E-state index contributed by atoms with van der Waals surface area (Å²) in [6, 6.07) is 5.71. The predicted molar refractivity (Wildman–Crippen MR) is 70.1 cm³/mol. The van der Waals surface area contributed by atoms with Gasteiger partial charge in [0.15, 0.2) is 0 Å². The minimum atomic E-state index is -3.79. The van der Waals surface area contributed by atoms with Crippen LogP contribution in [0.2, 0.25) is 0 Å². The van der Waals surface area contributed by atoms with Crippen molar-refractivity contribution in [3.8, 4) is 0 Å². The van der Waals surface area contributed by atoms with Crippen LogP contribution in [-0.2, 0) is 14.8 Å². The molecule has 0 saturated carbocycles. The van der Waals surface area contributed by atoms with E-state index in [1.807, 2.05) is 0 Å². The monoisotopic (exact) mass is 297 g/mol. The van der Waals surface area contributed by atoms with Gasteiger partial charge in [0.05, 0.1) is 22.7 Å². The summed E-state index contributed by atoms with van der Waals surface area (Å²) in [6.07, 6.45) is 1.58. The van der Waals surface area contributed by atoms with Crippen molar-refractivity contribution in [1.82, 2.24) is 4.31 Å². The Hall–Kier alpha value is -1.44. The molecule has 2 atom stereocenters. The number of carbonyl (C=O) groups is 1. The number of benzene rings is 1. The van der Waals surface area contributed by atoms with Gasteiger partial charge in [0, 0.05) is 13.1 Å². The first kappa shape index (κ1) is 13.5. The zero-order chi connectivity index (χ0) is 14.3. The zero-order valence-corrected chi connectivity index (χ0v) is 11.5. The minimum Gasteiger partial charge on any atom is -0.478 e. The third kappa shape index (κ3) is 2.21. The first-order valence-corrected chi connectivity index (χ1v) is 7.90. The van der Waals surface area contributed by atoms with Crippen LogP contribution in [0.4, 0.5) is 0 Å². The Kier molecular flexibility index (Phi) is 3.27. The maximum Gasteiger partial charge on any atom is 0.337 e. The largest absolute Gasteiger partial charge is 0.478 e. The van der Waals surface area contributed by atoms with Crippen LogP contribution in [0.5, 0.6) is 0 Å². The number of morpholine rings is 1. The van der Waals surface area contributed by atoms with Gasteiger partial charge in [-0.1, -0.05) is 12.1 Å². The van der Waals surface area contributed by atoms with Crippen molar-refractivity contribution in [1.29, 1.82) is 0 Å². The molecule has 2 unspecified atom stereocenters. The molecule has 20 heavy (non-hydrogen) atoms. The Morgan fingerprint density at radius 1 is 1.20 bits per heavy atom. The fourth-order valence-electron chi connectivity index (χ4n) is 2.78. The van der Waals surface area contributed by atoms with Gasteiger partial charge < -0.3 is 9.84 Å². The lowest BCUT2D eigenvalue weighted by molar-refractivity contribution is -0.0114. The second kappa shape index (κ2) is 4.83. The molecule has 2 fully saturated rings. The van der Waals surface area contributed by atoms with Crippen LogP contribution >= 0.6 is 0 Å². The van der Waals surface area contributed by atoms with Gasteiger partial charge in [-0.25, -0.2) is 13.2 Å². The molecule has 6 nitrogen and oxygen atoms in total. The highest BCUT2D eigenvalue weighted by Gasteiger charge is 2.40. The molecule has 2 aliphatic heterocycles. The molecular weight excluding hydrogens is 282 g/mol. The molecule has 0 aromatic heterocycles. The van der Waals surface area contributed by atoms with E-state index in [1.54, 1.807) is 0 Å². The summed E-state index contributed by atoms with van der Waals surface area (Å²) >= 11 is 0. The smallest absolute Gasteiger partial charge is 0.337 e. The van der Waals surface area contributed by atoms with E-state index in [0.717, 1.165) is 12.8 Å². The molecular formula is C13H15NO5S. The molecule has 1 aromatic rings. The topological polar surface area (TPSA) is 83.9 Å². The van der Waals surface area contributed by atoms with Gasteiger partial charge in [0.1, 0.15) is 0 Å². The van der Waals surface area contributed by atoms with E-state index in [1.165, 1.54) is 28.6 Å². The van der Waals surface area contributed by atoms with Crippen molar-refractivity contribution in [2.45, 2.75) is 29.9 Å². The van der Waals surface area contributed by atoms with E-state index < -0.39 is 16.0 Å². The number of ether oxygens (including phenoxy) is 1. The summed E-state index contributed by atoms with van der Waals surface area (Å²) in [5.41, 5.74) is -0.189. The Morgan fingerprint density at radius 3 is 2.40 bits per heavy atom. The lowest BCUT2D eigenvalue weighted by Crippen LogP contribution is -2.46. The van der Waals surface area contributed by atoms with Crippen molar-refractivity contribution in [2.75, 3.05) is 13.1 Å². The lowest BCUT2D eigenvalue weighted by Gasteiger charge is -2.31. The Bertz CT molecular complexity index is 630. The van der Waals surface area contributed by atoms with Crippen LogP contribution in [0.25, 0.3) is 0 Å². The van der Waals surface area contributed by atoms with Gasteiger partial charge in [-0.2, -0.15) is 4.31 Å². The molecule has 0 aliphatic carbocycles. The fraction of sp³-hybridized carbons (Fsp3) is 0.462. The second-order valence-electron chi connectivity index (χ2n) is 5.08. The van der Waals surface area contributed by atoms with Crippen LogP contribution in [-0.4, -0.2) is 49.1 Å². The van der Waals surface area contributed by atoms with Crippen LogP contribution in [0.15, 0.2) is 29.2 Å². The number of carboxylic acids is 1. The highest BCUT2D eigenvalue weighted by molar-refractivity contribution is 7.89. The van der Waals surface area contributed by atoms with Crippen LogP contribution in [0, 0.1) is 0 Å². The Balaban J connectivity index is 1.98. The maximum atomic E-state index is 12.6. The molecule has 0 radical (unpaired) electrons. The van der Waals surface area contributed by atoms with E-state index in [0.29, 0.717) is 13.1 Å². The van der Waals surface area contributed by atoms with E-state index >= 15 is 0 Å². The first-order chi connectivity index (χ1) is 9.48. The number of fused-ring (bicyclic) bond motifs is 2. The van der Waals surface area contributed by atoms with Crippen molar-refractivity contribution in [2.24, 2.45) is 0 Å². The van der Waals surface area contributed by atoms with E-state index in [4.69, 9.17) is 9.84 Å². The Morgan fingerprint density at radius 2 is 1.80 bits per heavy atom. The predicted octanol–water partition coefficient (Wildman–Crippen LogP) is 0.937. The molecule has 0 amide bonds. The quantitative estimate of drug-likeness (QED) is 0.897. The van der Waals surface area contributed by atoms with Crippen LogP contribution in [0.1, 0.15) is 23.2 Å². The summed E-state index contributed by atoms with van der Waals surface area (Å²) in [4.78, 5) is 11.0. The third-order valence-electron chi connectivity index (χ3n) is 3.75. The van der Waals surface area contributed by atoms with Gasteiger partial charge in [0.25, 0.3) is 0 Å². The first-order valence-electron chi connectivity index (χ1n) is 6.46. The summed E-state index contributed by atoms with van der Waals surface area (Å²) in [7, 11) is -3.79. The van der Waals surface area contributed by atoms with E-state index in [-0.39, 0.29) is 22.7 Å². The summed E-state index contributed by atoms with van der Waals surface area (Å²) in [5, 5.41) is 9.14. The van der Waals surface area contributed by atoms with Gasteiger partial charge >= 0.3 is 5.97 Å².